The van der Waals surface area contributed by atoms with Crippen molar-refractivity contribution in [1.82, 2.24) is 9.97 Å². The van der Waals surface area contributed by atoms with Crippen LogP contribution in [-0.2, 0) is 4.79 Å². The van der Waals surface area contributed by atoms with E-state index in [0.29, 0.717) is 28.2 Å². The van der Waals surface area contributed by atoms with Crippen molar-refractivity contribution >= 4 is 28.3 Å². The standard InChI is InChI=1S/C18H15FN4O2/c1-10(11-2-5-16-15(6-11)23-17(24)8-25-16)22-18-13-7-12(19)3-4-14(13)20-9-21-18/h2-7,9-10H,8H2,1H3,(H,23,24)(H,20,21,22)/t10-/m1/s1. The van der Waals surface area contributed by atoms with E-state index in [1.54, 1.807) is 6.07 Å². The molecule has 1 atom stereocenters. The second-order valence-corrected chi connectivity index (χ2v) is 5.84. The van der Waals surface area contributed by atoms with Crippen LogP contribution in [0.4, 0.5) is 15.9 Å². The monoisotopic (exact) mass is 338 g/mol. The van der Waals surface area contributed by atoms with Gasteiger partial charge in [-0.05, 0) is 42.8 Å². The van der Waals surface area contributed by atoms with Gasteiger partial charge in [0.15, 0.2) is 6.61 Å². The zero-order chi connectivity index (χ0) is 17.4. The van der Waals surface area contributed by atoms with Gasteiger partial charge in [-0.2, -0.15) is 0 Å². The number of carbonyl (C=O) groups is 1. The molecule has 25 heavy (non-hydrogen) atoms. The van der Waals surface area contributed by atoms with Gasteiger partial charge < -0.3 is 15.4 Å². The van der Waals surface area contributed by atoms with Gasteiger partial charge in [-0.1, -0.05) is 6.07 Å². The molecule has 0 unspecified atom stereocenters. The quantitative estimate of drug-likeness (QED) is 0.766. The minimum atomic E-state index is -0.341. The van der Waals surface area contributed by atoms with Gasteiger partial charge in [0.05, 0.1) is 17.2 Å². The number of anilines is 2. The second-order valence-electron chi connectivity index (χ2n) is 5.84. The Labute approximate surface area is 143 Å². The molecule has 1 aliphatic heterocycles. The summed E-state index contributed by atoms with van der Waals surface area (Å²) in [5.41, 5.74) is 2.24. The van der Waals surface area contributed by atoms with Gasteiger partial charge in [0.1, 0.15) is 23.7 Å². The lowest BCUT2D eigenvalue weighted by Gasteiger charge is -2.21. The van der Waals surface area contributed by atoms with Crippen molar-refractivity contribution in [1.29, 1.82) is 0 Å². The Morgan fingerprint density at radius 2 is 2.12 bits per heavy atom. The fourth-order valence-corrected chi connectivity index (χ4v) is 2.80. The van der Waals surface area contributed by atoms with E-state index in [2.05, 4.69) is 20.6 Å². The third-order valence-corrected chi connectivity index (χ3v) is 4.09. The highest BCUT2D eigenvalue weighted by atomic mass is 19.1. The molecule has 6 nitrogen and oxygen atoms in total. The fourth-order valence-electron chi connectivity index (χ4n) is 2.80. The number of hydrogen-bond acceptors (Lipinski definition) is 5. The van der Waals surface area contributed by atoms with Crippen LogP contribution >= 0.6 is 0 Å². The van der Waals surface area contributed by atoms with Gasteiger partial charge in [-0.3, -0.25) is 4.79 Å². The Balaban J connectivity index is 1.64. The molecule has 1 aliphatic rings. The fraction of sp³-hybridized carbons (Fsp3) is 0.167. The normalized spacial score (nSPS) is 14.4. The number of carbonyl (C=O) groups excluding carboxylic acids is 1. The van der Waals surface area contributed by atoms with E-state index in [1.165, 1.54) is 18.5 Å². The first-order valence-electron chi connectivity index (χ1n) is 7.83. The van der Waals surface area contributed by atoms with Crippen LogP contribution in [0.2, 0.25) is 0 Å². The van der Waals surface area contributed by atoms with E-state index in [4.69, 9.17) is 4.74 Å². The van der Waals surface area contributed by atoms with Gasteiger partial charge >= 0.3 is 0 Å². The zero-order valence-electron chi connectivity index (χ0n) is 13.4. The Kier molecular flexibility index (Phi) is 3.68. The first-order valence-corrected chi connectivity index (χ1v) is 7.83. The molecule has 3 aromatic rings. The van der Waals surface area contributed by atoms with E-state index in [9.17, 15) is 9.18 Å². The number of amides is 1. The number of benzene rings is 2. The maximum atomic E-state index is 13.6. The number of nitrogens with zero attached hydrogens (tertiary/aromatic N) is 2. The topological polar surface area (TPSA) is 76.1 Å². The Bertz CT molecular complexity index is 976. The SMILES string of the molecule is C[C@@H](Nc1ncnc2ccc(F)cc12)c1ccc2c(c1)NC(=O)CO2. The van der Waals surface area contributed by atoms with Crippen molar-refractivity contribution < 1.29 is 13.9 Å². The summed E-state index contributed by atoms with van der Waals surface area (Å²) in [7, 11) is 0. The first kappa shape index (κ1) is 15.3. The molecular weight excluding hydrogens is 323 g/mol. The van der Waals surface area contributed by atoms with Gasteiger partial charge in [-0.25, -0.2) is 14.4 Å². The second kappa shape index (κ2) is 6.01. The van der Waals surface area contributed by atoms with Crippen molar-refractivity contribution in [2.24, 2.45) is 0 Å². The third-order valence-electron chi connectivity index (χ3n) is 4.09. The van der Waals surface area contributed by atoms with Crippen LogP contribution in [0.3, 0.4) is 0 Å². The number of aromatic nitrogens is 2. The zero-order valence-corrected chi connectivity index (χ0v) is 13.4. The molecule has 1 aromatic heterocycles. The minimum Gasteiger partial charge on any atom is -0.482 e. The van der Waals surface area contributed by atoms with Crippen molar-refractivity contribution in [2.45, 2.75) is 13.0 Å². The Morgan fingerprint density at radius 3 is 3.00 bits per heavy atom. The molecule has 7 heteroatoms. The molecule has 2 heterocycles. The molecule has 1 amide bonds. The van der Waals surface area contributed by atoms with Crippen molar-refractivity contribution in [2.75, 3.05) is 17.2 Å². The maximum Gasteiger partial charge on any atom is 0.262 e. The highest BCUT2D eigenvalue weighted by Gasteiger charge is 2.18. The van der Waals surface area contributed by atoms with Gasteiger partial charge in [0.25, 0.3) is 5.91 Å². The van der Waals surface area contributed by atoms with Crippen LogP contribution in [0, 0.1) is 5.82 Å². The number of ether oxygens (including phenoxy) is 1. The lowest BCUT2D eigenvalue weighted by Crippen LogP contribution is -2.25. The molecule has 2 aromatic carbocycles. The van der Waals surface area contributed by atoms with Gasteiger partial charge in [-0.15, -0.1) is 0 Å². The van der Waals surface area contributed by atoms with Crippen LogP contribution in [-0.4, -0.2) is 22.5 Å². The van der Waals surface area contributed by atoms with Gasteiger partial charge in [0, 0.05) is 5.39 Å². The van der Waals surface area contributed by atoms with Gasteiger partial charge in [0.2, 0.25) is 0 Å². The predicted octanol–water partition coefficient (Wildman–Crippen LogP) is 3.27. The van der Waals surface area contributed by atoms with E-state index < -0.39 is 0 Å². The molecular formula is C18H15FN4O2. The molecule has 2 N–H and O–H groups in total. The van der Waals surface area contributed by atoms with Crippen LogP contribution in [0.15, 0.2) is 42.7 Å². The van der Waals surface area contributed by atoms with Crippen LogP contribution in [0.1, 0.15) is 18.5 Å². The van der Waals surface area contributed by atoms with E-state index in [0.717, 1.165) is 5.56 Å². The smallest absolute Gasteiger partial charge is 0.262 e. The summed E-state index contributed by atoms with van der Waals surface area (Å²) in [4.78, 5) is 19.8. The molecule has 0 fully saturated rings. The first-order chi connectivity index (χ1) is 12.1. The van der Waals surface area contributed by atoms with Crippen LogP contribution < -0.4 is 15.4 Å². The summed E-state index contributed by atoms with van der Waals surface area (Å²) in [6, 6.07) is 9.87. The van der Waals surface area contributed by atoms with E-state index in [-0.39, 0.29) is 24.4 Å². The average molecular weight is 338 g/mol. The van der Waals surface area contributed by atoms with Crippen LogP contribution in [0.25, 0.3) is 10.9 Å². The Hall–Kier alpha value is -3.22. The summed E-state index contributed by atoms with van der Waals surface area (Å²) < 4.78 is 18.9. The molecule has 126 valence electrons. The summed E-state index contributed by atoms with van der Waals surface area (Å²) in [6.45, 7) is 1.99. The molecule has 0 aliphatic carbocycles. The number of rotatable bonds is 3. The van der Waals surface area contributed by atoms with Crippen molar-refractivity contribution in [3.63, 3.8) is 0 Å². The lowest BCUT2D eigenvalue weighted by atomic mass is 10.1. The summed E-state index contributed by atoms with van der Waals surface area (Å²) >= 11 is 0. The van der Waals surface area contributed by atoms with Crippen molar-refractivity contribution in [3.05, 3.63) is 54.1 Å². The van der Waals surface area contributed by atoms with E-state index in [1.807, 2.05) is 25.1 Å². The third kappa shape index (κ3) is 2.96. The number of halogens is 1. The van der Waals surface area contributed by atoms with Crippen LogP contribution in [0.5, 0.6) is 5.75 Å². The largest absolute Gasteiger partial charge is 0.482 e. The summed E-state index contributed by atoms with van der Waals surface area (Å²) in [6.07, 6.45) is 1.44. The molecule has 4 rings (SSSR count). The highest BCUT2D eigenvalue weighted by molar-refractivity contribution is 5.95. The van der Waals surface area contributed by atoms with E-state index >= 15 is 0 Å². The summed E-state index contributed by atoms with van der Waals surface area (Å²) in [5, 5.41) is 6.68. The molecule has 0 saturated heterocycles. The maximum absolute atomic E-state index is 13.6. The molecule has 0 radical (unpaired) electrons. The highest BCUT2D eigenvalue weighted by Crippen LogP contribution is 2.32. The molecule has 0 saturated carbocycles. The Morgan fingerprint density at radius 1 is 1.24 bits per heavy atom. The minimum absolute atomic E-state index is 0.0264. The summed E-state index contributed by atoms with van der Waals surface area (Å²) in [5.74, 6) is 0.675. The number of fused-ring (bicyclic) bond motifs is 2. The molecule has 0 spiro atoms. The van der Waals surface area contributed by atoms with Crippen molar-refractivity contribution in [3.8, 4) is 5.75 Å². The predicted molar refractivity (Wildman–Crippen MR) is 92.1 cm³/mol. The molecule has 0 bridgehead atoms. The number of hydrogen-bond donors (Lipinski definition) is 2. The number of nitrogens with one attached hydrogen (secondary N) is 2. The lowest BCUT2D eigenvalue weighted by molar-refractivity contribution is -0.118. The average Bonchev–Trinajstić information content (AvgIpc) is 2.61.